The molecule has 0 aromatic carbocycles. The van der Waals surface area contributed by atoms with Gasteiger partial charge in [0.1, 0.15) is 0 Å². The lowest BCUT2D eigenvalue weighted by molar-refractivity contribution is -0.545. The summed E-state index contributed by atoms with van der Waals surface area (Å²) in [6.07, 6.45) is 1.86. The molecule has 0 spiro atoms. The minimum absolute atomic E-state index is 0.101. The molecule has 3 aromatic rings. The van der Waals surface area contributed by atoms with Crippen molar-refractivity contribution < 1.29 is 4.57 Å². The third-order valence-electron chi connectivity index (χ3n) is 2.59. The van der Waals surface area contributed by atoms with E-state index in [4.69, 9.17) is 10.7 Å². The normalized spacial score (nSPS) is 10.3. The fraction of sp³-hybridized carbons (Fsp3) is 0. The second-order valence-corrected chi connectivity index (χ2v) is 5.13. The van der Waals surface area contributed by atoms with Crippen molar-refractivity contribution in [3.63, 3.8) is 0 Å². The molecular weight excluding hydrogens is 250 g/mol. The van der Waals surface area contributed by atoms with Gasteiger partial charge in [-0.1, -0.05) is 0 Å². The first kappa shape index (κ1) is 10.2. The first-order valence-electron chi connectivity index (χ1n) is 4.80. The van der Waals surface area contributed by atoms with Crippen molar-refractivity contribution in [2.45, 2.75) is 0 Å². The molecule has 0 saturated carbocycles. The van der Waals surface area contributed by atoms with Crippen molar-refractivity contribution in [1.29, 1.82) is 5.26 Å². The van der Waals surface area contributed by atoms with Crippen LogP contribution in [0.25, 0.3) is 32.1 Å². The lowest BCUT2D eigenvalue weighted by Crippen LogP contribution is -2.32. The second kappa shape index (κ2) is 3.79. The van der Waals surface area contributed by atoms with Crippen LogP contribution in [-0.4, -0.2) is 5.87 Å². The Hall–Kier alpha value is -1.99. The molecule has 0 unspecified atom stereocenters. The van der Waals surface area contributed by atoms with E-state index in [2.05, 4.69) is 6.07 Å². The number of rotatable bonds is 1. The number of pyridine rings is 1. The van der Waals surface area contributed by atoms with E-state index in [1.165, 1.54) is 5.39 Å². The van der Waals surface area contributed by atoms with Gasteiger partial charge in [-0.05, 0) is 11.4 Å². The molecule has 0 N–H and O–H groups in total. The predicted molar refractivity (Wildman–Crippen MR) is 71.1 cm³/mol. The van der Waals surface area contributed by atoms with Crippen LogP contribution in [0.4, 0.5) is 0 Å². The third kappa shape index (κ3) is 1.40. The Bertz CT molecular complexity index is 813. The maximum Gasteiger partial charge on any atom is 0.310 e. The van der Waals surface area contributed by atoms with Gasteiger partial charge in [0.25, 0.3) is 0 Å². The van der Waals surface area contributed by atoms with Crippen molar-refractivity contribution in [3.05, 3.63) is 33.8 Å². The largest absolute Gasteiger partial charge is 0.757 e. The van der Waals surface area contributed by atoms with Gasteiger partial charge in [-0.2, -0.15) is 11.1 Å². The number of aromatic nitrogens is 1. The SMILES string of the molecule is N#CC(=C=[N-])[n+]1cc2sccc2c2cscc21. The van der Waals surface area contributed by atoms with Gasteiger partial charge in [0, 0.05) is 10.8 Å². The van der Waals surface area contributed by atoms with E-state index < -0.39 is 0 Å². The zero-order valence-electron chi connectivity index (χ0n) is 8.54. The van der Waals surface area contributed by atoms with Crippen LogP contribution in [0.1, 0.15) is 0 Å². The highest BCUT2D eigenvalue weighted by Crippen LogP contribution is 2.29. The summed E-state index contributed by atoms with van der Waals surface area (Å²) in [4.78, 5) is 0. The molecule has 0 amide bonds. The number of nitriles is 1. The molecule has 0 radical (unpaired) electrons. The second-order valence-electron chi connectivity index (χ2n) is 3.44. The lowest BCUT2D eigenvalue weighted by atomic mass is 10.2. The van der Waals surface area contributed by atoms with E-state index in [0.717, 1.165) is 15.6 Å². The highest BCUT2D eigenvalue weighted by Gasteiger charge is 2.18. The molecule has 0 aliphatic heterocycles. The number of nitrogens with zero attached hydrogens (tertiary/aromatic N) is 3. The number of hydrogen-bond acceptors (Lipinski definition) is 3. The molecule has 3 heterocycles. The zero-order chi connectivity index (χ0) is 11.8. The van der Waals surface area contributed by atoms with Gasteiger partial charge in [-0.3, -0.25) is 0 Å². The Balaban J connectivity index is 2.55. The fourth-order valence-electron chi connectivity index (χ4n) is 1.83. The van der Waals surface area contributed by atoms with Crippen molar-refractivity contribution in [3.8, 4) is 6.07 Å². The minimum atomic E-state index is 0.101. The Morgan fingerprint density at radius 1 is 1.35 bits per heavy atom. The van der Waals surface area contributed by atoms with Crippen LogP contribution in [0.2, 0.25) is 0 Å². The van der Waals surface area contributed by atoms with Crippen molar-refractivity contribution in [1.82, 2.24) is 0 Å². The lowest BCUT2D eigenvalue weighted by Gasteiger charge is -1.96. The molecule has 0 aliphatic carbocycles. The number of hydrogen-bond donors (Lipinski definition) is 0. The van der Waals surface area contributed by atoms with Gasteiger partial charge in [-0.15, -0.1) is 27.2 Å². The van der Waals surface area contributed by atoms with Gasteiger partial charge in [0.05, 0.1) is 15.5 Å². The number of allylic oxidation sites excluding steroid dienone is 1. The topological polar surface area (TPSA) is 50.0 Å². The predicted octanol–water partition coefficient (Wildman–Crippen LogP) is 3.01. The maximum atomic E-state index is 8.98. The first-order chi connectivity index (χ1) is 8.35. The average molecular weight is 255 g/mol. The standard InChI is InChI=1S/C12H5N3S2/c13-3-8(4-14)15-5-12-9(1-2-17-12)10-6-16-7-11(10)15/h1-2,5-7H. The molecule has 3 nitrogen and oxygen atoms in total. The molecule has 0 fully saturated rings. The molecule has 0 atom stereocenters. The molecule has 0 aliphatic rings. The Kier molecular flexibility index (Phi) is 2.27. The van der Waals surface area contributed by atoms with Crippen molar-refractivity contribution >= 4 is 55.2 Å². The smallest absolute Gasteiger partial charge is 0.310 e. The van der Waals surface area contributed by atoms with Gasteiger partial charge in [0.15, 0.2) is 12.3 Å². The van der Waals surface area contributed by atoms with Gasteiger partial charge < -0.3 is 5.41 Å². The summed E-state index contributed by atoms with van der Waals surface area (Å²) in [6.45, 7) is 0. The first-order valence-corrected chi connectivity index (χ1v) is 6.62. The van der Waals surface area contributed by atoms with E-state index in [1.54, 1.807) is 27.2 Å². The van der Waals surface area contributed by atoms with Crippen LogP contribution in [0.5, 0.6) is 0 Å². The average Bonchev–Trinajstić information content (AvgIpc) is 2.97. The van der Waals surface area contributed by atoms with E-state index in [1.807, 2.05) is 34.3 Å². The van der Waals surface area contributed by atoms with E-state index in [0.29, 0.717) is 0 Å². The van der Waals surface area contributed by atoms with E-state index in [-0.39, 0.29) is 5.70 Å². The molecular formula is C12H5N3S2. The quantitative estimate of drug-likeness (QED) is 0.374. The molecule has 0 saturated heterocycles. The van der Waals surface area contributed by atoms with Gasteiger partial charge in [-0.25, -0.2) is 0 Å². The monoisotopic (exact) mass is 255 g/mol. The molecule has 3 rings (SSSR count). The summed E-state index contributed by atoms with van der Waals surface area (Å²) in [5.74, 6) is 1.93. The highest BCUT2D eigenvalue weighted by molar-refractivity contribution is 7.17. The minimum Gasteiger partial charge on any atom is -0.757 e. The van der Waals surface area contributed by atoms with Gasteiger partial charge >= 0.3 is 5.70 Å². The van der Waals surface area contributed by atoms with E-state index >= 15 is 0 Å². The van der Waals surface area contributed by atoms with Crippen molar-refractivity contribution in [2.75, 3.05) is 0 Å². The van der Waals surface area contributed by atoms with Crippen LogP contribution in [0, 0.1) is 11.3 Å². The van der Waals surface area contributed by atoms with Crippen LogP contribution in [0.15, 0.2) is 28.4 Å². The number of thiophene rings is 2. The van der Waals surface area contributed by atoms with Crippen LogP contribution < -0.4 is 4.57 Å². The summed E-state index contributed by atoms with van der Waals surface area (Å²) in [5, 5.41) is 26.3. The fourth-order valence-corrected chi connectivity index (χ4v) is 3.47. The van der Waals surface area contributed by atoms with Gasteiger partial charge in [0.2, 0.25) is 5.52 Å². The summed E-state index contributed by atoms with van der Waals surface area (Å²) < 4.78 is 2.75. The Morgan fingerprint density at radius 2 is 2.24 bits per heavy atom. The summed E-state index contributed by atoms with van der Waals surface area (Å²) in [7, 11) is 0. The van der Waals surface area contributed by atoms with Crippen LogP contribution in [-0.2, 0) is 0 Å². The summed E-state index contributed by atoms with van der Waals surface area (Å²) >= 11 is 3.19. The summed E-state index contributed by atoms with van der Waals surface area (Å²) in [6, 6.07) is 4.00. The Morgan fingerprint density at radius 3 is 3.00 bits per heavy atom. The van der Waals surface area contributed by atoms with E-state index in [9.17, 15) is 0 Å². The molecule has 80 valence electrons. The highest BCUT2D eigenvalue weighted by atomic mass is 32.1. The number of fused-ring (bicyclic) bond motifs is 3. The third-order valence-corrected chi connectivity index (χ3v) is 4.17. The molecule has 3 aromatic heterocycles. The van der Waals surface area contributed by atoms with Crippen LogP contribution >= 0.6 is 22.7 Å². The van der Waals surface area contributed by atoms with Crippen LogP contribution in [0.3, 0.4) is 0 Å². The zero-order valence-corrected chi connectivity index (χ0v) is 10.2. The summed E-state index contributed by atoms with van der Waals surface area (Å²) in [5.41, 5.74) is 1.02. The molecule has 5 heteroatoms. The molecule has 0 bridgehead atoms. The van der Waals surface area contributed by atoms with Crippen molar-refractivity contribution in [2.24, 2.45) is 0 Å². The maximum absolute atomic E-state index is 8.98. The Labute approximate surface area is 105 Å². The molecule has 17 heavy (non-hydrogen) atoms.